The van der Waals surface area contributed by atoms with Crippen molar-refractivity contribution in [1.82, 2.24) is 5.01 Å². The van der Waals surface area contributed by atoms with E-state index in [2.05, 4.69) is 5.10 Å². The van der Waals surface area contributed by atoms with Crippen LogP contribution in [0.15, 0.2) is 29.5 Å². The van der Waals surface area contributed by atoms with Crippen LogP contribution in [0.4, 0.5) is 0 Å². The van der Waals surface area contributed by atoms with Gasteiger partial charge >= 0.3 is 0 Å². The number of hydrogen-bond donors (Lipinski definition) is 0. The highest BCUT2D eigenvalue weighted by Gasteiger charge is 1.88. The van der Waals surface area contributed by atoms with Gasteiger partial charge in [0.05, 0.1) is 0 Å². The molecule has 0 bridgehead atoms. The van der Waals surface area contributed by atoms with Crippen LogP contribution in [0.25, 0.3) is 0 Å². The third-order valence-corrected chi connectivity index (χ3v) is 0.855. The first-order chi connectivity index (χ1) is 4.43. The average Bonchev–Trinajstić information content (AvgIpc) is 2.13. The molecule has 0 radical (unpaired) electrons. The van der Waals surface area contributed by atoms with Crippen LogP contribution in [0.3, 0.4) is 0 Å². The smallest absolute Gasteiger partial charge is 0.234 e. The van der Waals surface area contributed by atoms with Crippen molar-refractivity contribution in [3.63, 3.8) is 0 Å². The van der Waals surface area contributed by atoms with Crippen LogP contribution in [0.1, 0.15) is 0 Å². The molecular formula is C6H6N2O. The second-order valence-electron chi connectivity index (χ2n) is 1.48. The van der Waals surface area contributed by atoms with Crippen molar-refractivity contribution in [2.45, 2.75) is 0 Å². The summed E-state index contributed by atoms with van der Waals surface area (Å²) in [5, 5.41) is 4.90. The van der Waals surface area contributed by atoms with Gasteiger partial charge in [-0.15, -0.1) is 0 Å². The Labute approximate surface area is 53.0 Å². The Kier molecular flexibility index (Phi) is 1.80. The van der Waals surface area contributed by atoms with Gasteiger partial charge in [-0.3, -0.25) is 4.79 Å². The highest BCUT2D eigenvalue weighted by molar-refractivity contribution is 5.73. The van der Waals surface area contributed by atoms with E-state index in [1.165, 1.54) is 5.01 Å². The zero-order valence-electron chi connectivity index (χ0n) is 4.77. The maximum atomic E-state index is 10.0. The van der Waals surface area contributed by atoms with Crippen molar-refractivity contribution in [2.75, 3.05) is 0 Å². The van der Waals surface area contributed by atoms with E-state index in [0.717, 1.165) is 0 Å². The van der Waals surface area contributed by atoms with Gasteiger partial charge in [0.2, 0.25) is 6.41 Å². The average molecular weight is 122 g/mol. The highest BCUT2D eigenvalue weighted by Crippen LogP contribution is 1.89. The van der Waals surface area contributed by atoms with Gasteiger partial charge in [-0.25, -0.2) is 5.01 Å². The first-order valence-electron chi connectivity index (χ1n) is 2.54. The van der Waals surface area contributed by atoms with Crippen LogP contribution < -0.4 is 0 Å². The molecule has 0 saturated carbocycles. The number of hydrazone groups is 1. The Balaban J connectivity index is 2.69. The van der Waals surface area contributed by atoms with Crippen molar-refractivity contribution in [3.8, 4) is 0 Å². The Morgan fingerprint density at radius 3 is 3.00 bits per heavy atom. The molecule has 1 aliphatic heterocycles. The second kappa shape index (κ2) is 2.81. The van der Waals surface area contributed by atoms with Gasteiger partial charge in [-0.2, -0.15) is 5.10 Å². The first kappa shape index (κ1) is 5.75. The van der Waals surface area contributed by atoms with Gasteiger partial charge in [-0.05, 0) is 12.2 Å². The number of nitrogens with zero attached hydrogens (tertiary/aromatic N) is 2. The molecule has 3 heteroatoms. The summed E-state index contributed by atoms with van der Waals surface area (Å²) in [4.78, 5) is 10.0. The lowest BCUT2D eigenvalue weighted by molar-refractivity contribution is -0.115. The summed E-state index contributed by atoms with van der Waals surface area (Å²) >= 11 is 0. The minimum absolute atomic E-state index is 0.639. The van der Waals surface area contributed by atoms with Crippen LogP contribution in [0.5, 0.6) is 0 Å². The van der Waals surface area contributed by atoms with Gasteiger partial charge < -0.3 is 0 Å². The van der Waals surface area contributed by atoms with Crippen LogP contribution in [-0.2, 0) is 4.79 Å². The van der Waals surface area contributed by atoms with Gasteiger partial charge in [0.1, 0.15) is 0 Å². The lowest BCUT2D eigenvalue weighted by Crippen LogP contribution is -2.04. The monoisotopic (exact) mass is 122 g/mol. The van der Waals surface area contributed by atoms with Gasteiger partial charge in [0.25, 0.3) is 0 Å². The maximum Gasteiger partial charge on any atom is 0.234 e. The summed E-state index contributed by atoms with van der Waals surface area (Å²) in [6, 6.07) is 0. The predicted molar refractivity (Wildman–Crippen MR) is 34.7 cm³/mol. The van der Waals surface area contributed by atoms with Crippen molar-refractivity contribution in [3.05, 3.63) is 24.4 Å². The minimum atomic E-state index is 0.639. The van der Waals surface area contributed by atoms with Gasteiger partial charge in [0.15, 0.2) is 0 Å². The van der Waals surface area contributed by atoms with Crippen molar-refractivity contribution in [1.29, 1.82) is 0 Å². The number of allylic oxidation sites excluding steroid dienone is 3. The van der Waals surface area contributed by atoms with E-state index < -0.39 is 0 Å². The number of rotatable bonds is 1. The van der Waals surface area contributed by atoms with Crippen LogP contribution >= 0.6 is 0 Å². The SMILES string of the molecule is O=CN1C=CC=CC=N1. The Bertz CT molecular complexity index is 165. The zero-order chi connectivity index (χ0) is 6.53. The third kappa shape index (κ3) is 1.53. The second-order valence-corrected chi connectivity index (χ2v) is 1.48. The fraction of sp³-hybridized carbons (Fsp3) is 0. The van der Waals surface area contributed by atoms with Gasteiger partial charge in [0, 0.05) is 12.4 Å². The van der Waals surface area contributed by atoms with E-state index in [1.807, 2.05) is 0 Å². The molecule has 1 rings (SSSR count). The number of amides is 1. The van der Waals surface area contributed by atoms with Crippen LogP contribution in [-0.4, -0.2) is 17.6 Å². The van der Waals surface area contributed by atoms with Crippen molar-refractivity contribution < 1.29 is 4.79 Å². The van der Waals surface area contributed by atoms with Crippen LogP contribution in [0, 0.1) is 0 Å². The molecular weight excluding hydrogens is 116 g/mol. The first-order valence-corrected chi connectivity index (χ1v) is 2.54. The molecule has 1 aliphatic rings. The number of carbonyl (C=O) groups excluding carboxylic acids is 1. The molecule has 0 fully saturated rings. The Morgan fingerprint density at radius 2 is 2.22 bits per heavy atom. The van der Waals surface area contributed by atoms with E-state index in [4.69, 9.17) is 0 Å². The largest absolute Gasteiger partial charge is 0.276 e. The number of hydrogen-bond acceptors (Lipinski definition) is 2. The summed E-state index contributed by atoms with van der Waals surface area (Å²) in [6.45, 7) is 0. The molecule has 3 nitrogen and oxygen atoms in total. The molecule has 9 heavy (non-hydrogen) atoms. The molecule has 1 amide bonds. The molecule has 0 spiro atoms. The molecule has 1 heterocycles. The fourth-order valence-electron chi connectivity index (χ4n) is 0.468. The standard InChI is InChI=1S/C6H6N2O/c9-6-8-5-3-1-2-4-7-8/h1-6H. The van der Waals surface area contributed by atoms with E-state index in [1.54, 1.807) is 30.6 Å². The molecule has 0 N–H and O–H groups in total. The summed E-state index contributed by atoms with van der Waals surface area (Å²) in [5.74, 6) is 0. The van der Waals surface area contributed by atoms with Crippen LogP contribution in [0.2, 0.25) is 0 Å². The molecule has 0 aliphatic carbocycles. The van der Waals surface area contributed by atoms with E-state index >= 15 is 0 Å². The molecule has 0 aromatic carbocycles. The number of carbonyl (C=O) groups is 1. The summed E-state index contributed by atoms with van der Waals surface area (Å²) in [6.07, 6.45) is 9.05. The molecule has 0 unspecified atom stereocenters. The normalized spacial score (nSPS) is 15.8. The summed E-state index contributed by atoms with van der Waals surface area (Å²) in [7, 11) is 0. The molecule has 46 valence electrons. The lowest BCUT2D eigenvalue weighted by atomic mass is 10.5. The van der Waals surface area contributed by atoms with E-state index in [0.29, 0.717) is 6.41 Å². The predicted octanol–water partition coefficient (Wildman–Crippen LogP) is 0.514. The summed E-state index contributed by atoms with van der Waals surface area (Å²) < 4.78 is 0. The molecule has 0 aromatic rings. The molecule has 0 saturated heterocycles. The fourth-order valence-corrected chi connectivity index (χ4v) is 0.468. The molecule has 0 aromatic heterocycles. The summed E-state index contributed by atoms with van der Waals surface area (Å²) in [5.41, 5.74) is 0. The lowest BCUT2D eigenvalue weighted by Gasteiger charge is -1.98. The Morgan fingerprint density at radius 1 is 1.33 bits per heavy atom. The molecule has 0 atom stereocenters. The van der Waals surface area contributed by atoms with E-state index in [-0.39, 0.29) is 0 Å². The zero-order valence-corrected chi connectivity index (χ0v) is 4.77. The maximum absolute atomic E-state index is 10.0. The highest BCUT2D eigenvalue weighted by atomic mass is 16.1. The third-order valence-electron chi connectivity index (χ3n) is 0.855. The quantitative estimate of drug-likeness (QED) is 0.466. The van der Waals surface area contributed by atoms with E-state index in [9.17, 15) is 4.79 Å². The topological polar surface area (TPSA) is 32.7 Å². The van der Waals surface area contributed by atoms with Gasteiger partial charge in [-0.1, -0.05) is 6.08 Å². The van der Waals surface area contributed by atoms with Crippen molar-refractivity contribution in [2.24, 2.45) is 5.10 Å². The minimum Gasteiger partial charge on any atom is -0.276 e. The Hall–Kier alpha value is -1.38. The van der Waals surface area contributed by atoms with Crippen molar-refractivity contribution >= 4 is 12.6 Å².